The van der Waals surface area contributed by atoms with E-state index in [1.54, 1.807) is 60.7 Å². The minimum atomic E-state index is -5.11. The Balaban J connectivity index is 1.25. The van der Waals surface area contributed by atoms with Gasteiger partial charge in [0.15, 0.2) is 11.5 Å². The Hall–Kier alpha value is -7.64. The van der Waals surface area contributed by atoms with Crippen LogP contribution >= 0.6 is 12.0 Å². The third-order valence-corrected chi connectivity index (χ3v) is 13.3. The van der Waals surface area contributed by atoms with Crippen LogP contribution in [0.1, 0.15) is 11.1 Å². The molecule has 0 fully saturated rings. The summed E-state index contributed by atoms with van der Waals surface area (Å²) in [5.74, 6) is -0.876. The fourth-order valence-electron chi connectivity index (χ4n) is 7.04. The highest BCUT2D eigenvalue weighted by Crippen LogP contribution is 2.39. The summed E-state index contributed by atoms with van der Waals surface area (Å²) in [4.78, 5) is 26.4. The van der Waals surface area contributed by atoms with E-state index in [0.717, 1.165) is 39.9 Å². The van der Waals surface area contributed by atoms with Gasteiger partial charge in [-0.15, -0.1) is 34.3 Å². The van der Waals surface area contributed by atoms with Gasteiger partial charge in [-0.3, -0.25) is 13.7 Å². The van der Waals surface area contributed by atoms with Crippen molar-refractivity contribution in [2.24, 2.45) is 0 Å². The fourth-order valence-corrected chi connectivity index (χ4v) is 9.53. The number of rotatable bonds is 14. The van der Waals surface area contributed by atoms with Gasteiger partial charge in [0.1, 0.15) is 51.6 Å². The molecule has 0 radical (unpaired) electrons. The molecule has 0 saturated carbocycles. The number of hydrogen-bond donors (Lipinski definition) is 4. The molecule has 70 heavy (non-hydrogen) atoms. The van der Waals surface area contributed by atoms with Gasteiger partial charge in [-0.25, -0.2) is 14.8 Å². The van der Waals surface area contributed by atoms with Gasteiger partial charge < -0.3 is 18.9 Å². The van der Waals surface area contributed by atoms with Crippen molar-refractivity contribution in [1.82, 2.24) is 30.0 Å². The van der Waals surface area contributed by atoms with Crippen LogP contribution in [-0.4, -0.2) is 86.5 Å². The maximum Gasteiger partial charge on any atom is 0.514 e. The van der Waals surface area contributed by atoms with Crippen LogP contribution in [0.25, 0.3) is 55.0 Å². The van der Waals surface area contributed by atoms with Crippen LogP contribution in [0.3, 0.4) is 0 Å². The Morgan fingerprint density at radius 1 is 0.529 bits per heavy atom. The van der Waals surface area contributed by atoms with Crippen LogP contribution in [0.15, 0.2) is 141 Å². The Bertz CT molecular complexity index is 3910. The van der Waals surface area contributed by atoms with Gasteiger partial charge in [-0.05, 0) is 47.5 Å². The number of fused-ring (bicyclic) bond motifs is 6. The summed E-state index contributed by atoms with van der Waals surface area (Å²) in [6, 6.07) is 28.2. The molecular weight excluding hydrogens is 1000 g/mol. The summed E-state index contributed by atoms with van der Waals surface area (Å²) in [6.45, 7) is -0.525. The lowest BCUT2D eigenvalue weighted by Crippen LogP contribution is -2.16. The monoisotopic (exact) mass is 1030 g/mol. The van der Waals surface area contributed by atoms with E-state index in [1.807, 2.05) is 0 Å². The van der Waals surface area contributed by atoms with Crippen molar-refractivity contribution in [2.45, 2.75) is 32.8 Å². The molecule has 0 aliphatic heterocycles. The van der Waals surface area contributed by atoms with Gasteiger partial charge in [0.25, 0.3) is 30.4 Å². The second-order valence-corrected chi connectivity index (χ2v) is 19.5. The highest BCUT2D eigenvalue weighted by molar-refractivity contribution is 7.94. The Morgan fingerprint density at radius 3 is 1.44 bits per heavy atom. The maximum absolute atomic E-state index is 13.5. The second-order valence-electron chi connectivity index (χ2n) is 14.6. The van der Waals surface area contributed by atoms with Crippen LogP contribution < -0.4 is 9.47 Å². The highest BCUT2D eigenvalue weighted by atomic mass is 32.2. The van der Waals surface area contributed by atoms with E-state index < -0.39 is 68.9 Å². The first kappa shape index (κ1) is 47.4. The zero-order valence-electron chi connectivity index (χ0n) is 34.8. The molecule has 2 heterocycles. The lowest BCUT2D eigenvalue weighted by atomic mass is 10.1. The molecule has 358 valence electrons. The van der Waals surface area contributed by atoms with Crippen LogP contribution in [0.5, 0.6) is 11.5 Å². The van der Waals surface area contributed by atoms with E-state index in [0.29, 0.717) is 29.2 Å². The molecule has 24 nitrogen and oxygen atoms in total. The smallest absolute Gasteiger partial charge is 0.429 e. The Morgan fingerprint density at radius 2 is 0.986 bits per heavy atom. The molecule has 0 aliphatic carbocycles. The number of nitrogens with zero attached hydrogens (tertiary/aromatic N) is 6. The molecule has 0 atom stereocenters. The molecule has 0 spiro atoms. The highest BCUT2D eigenvalue weighted by Gasteiger charge is 2.27. The first-order valence-electron chi connectivity index (χ1n) is 19.5. The van der Waals surface area contributed by atoms with Crippen LogP contribution in [0.2, 0.25) is 0 Å². The summed E-state index contributed by atoms with van der Waals surface area (Å²) >= 11 is 0.395. The molecular formula is C42H28N6O18S4. The van der Waals surface area contributed by atoms with E-state index >= 15 is 0 Å². The van der Waals surface area contributed by atoms with E-state index in [-0.39, 0.29) is 73.1 Å². The first-order chi connectivity index (χ1) is 33.3. The van der Waals surface area contributed by atoms with E-state index in [9.17, 15) is 48.5 Å². The minimum Gasteiger partial charge on any atom is -0.429 e. The zero-order chi connectivity index (χ0) is 49.5. The van der Waals surface area contributed by atoms with Crippen LogP contribution in [0.4, 0.5) is 9.59 Å². The van der Waals surface area contributed by atoms with E-state index in [2.05, 4.69) is 29.8 Å². The Kier molecular flexibility index (Phi) is 12.7. The lowest BCUT2D eigenvalue weighted by Gasteiger charge is -2.15. The molecule has 0 amide bonds. The maximum atomic E-state index is 13.5. The van der Waals surface area contributed by atoms with Crippen LogP contribution in [-0.2, 0) is 62.4 Å². The number of aromatic nitrogens is 6. The van der Waals surface area contributed by atoms with Gasteiger partial charge >= 0.3 is 12.3 Å². The van der Waals surface area contributed by atoms with Crippen molar-refractivity contribution in [1.29, 1.82) is 0 Å². The molecule has 4 N–H and O–H groups in total. The molecule has 0 unspecified atom stereocenters. The summed E-state index contributed by atoms with van der Waals surface area (Å²) < 4.78 is 131. The quantitative estimate of drug-likeness (QED) is 0.0211. The SMILES string of the molecule is O=C(OCc1ccccc1)Oc1cc(-n2nc3ccc4c(S(=O)(=O)O)cc(S(=O)(=O)O)cc4c3n2)c(OC(=O)OCc2ccccc2)cc1-n1nc2ccc3c(SOOO)cc(S(=O)(=O)O)cc3c2n1. The third-order valence-electron chi connectivity index (χ3n) is 10.1. The van der Waals surface area contributed by atoms with Gasteiger partial charge in [0, 0.05) is 38.6 Å². The van der Waals surface area contributed by atoms with Crippen molar-refractivity contribution >= 4 is 98.3 Å². The van der Waals surface area contributed by atoms with Gasteiger partial charge in [-0.1, -0.05) is 77.8 Å². The van der Waals surface area contributed by atoms with E-state index in [1.165, 1.54) is 24.3 Å². The summed E-state index contributed by atoms with van der Waals surface area (Å²) in [7, 11) is -15.1. The molecule has 7 aromatic carbocycles. The number of ether oxygens (including phenoxy) is 4. The first-order valence-corrected chi connectivity index (χ1v) is 24.6. The predicted molar refractivity (Wildman–Crippen MR) is 241 cm³/mol. The number of carbonyl (C=O) groups excluding carboxylic acids is 2. The number of carbonyl (C=O) groups is 2. The summed E-state index contributed by atoms with van der Waals surface area (Å²) in [5, 5.41) is 30.4. The Labute approximate surface area is 396 Å². The molecule has 0 saturated heterocycles. The largest absolute Gasteiger partial charge is 0.514 e. The minimum absolute atomic E-state index is 0.0124. The van der Waals surface area contributed by atoms with Gasteiger partial charge in [0.2, 0.25) is 0 Å². The topological polar surface area (TPSA) is 334 Å². The third kappa shape index (κ3) is 9.93. The molecule has 9 rings (SSSR count). The predicted octanol–water partition coefficient (Wildman–Crippen LogP) is 7.06. The van der Waals surface area contributed by atoms with Gasteiger partial charge in [0.05, 0.1) is 21.8 Å². The van der Waals surface area contributed by atoms with Crippen molar-refractivity contribution in [3.8, 4) is 22.9 Å². The van der Waals surface area contributed by atoms with Crippen molar-refractivity contribution in [3.63, 3.8) is 0 Å². The zero-order valence-corrected chi connectivity index (χ0v) is 38.0. The fraction of sp³-hybridized carbons (Fsp3) is 0.0476. The standard InChI is InChI=1S/C42H28N6O18S4/c49-41(61-21-23-7-3-1-4-8-23)63-35-20-34(48-44-32-14-12-28-30(40(32)46-48)16-26(69(55,56)57)18-38(28)70(58,59)60)36(64-42(50)62-22-24-9-5-2-6-10-24)19-33(35)47-43-31-13-11-27-29(39(31)45-47)15-25(68(52,53)54)17-37(27)67-66-65-51/h1-20,51H,21-22H2,(H,52,53,54)(H,55,56,57)(H,58,59,60). The summed E-state index contributed by atoms with van der Waals surface area (Å²) in [6.07, 6.45) is -2.56. The summed E-state index contributed by atoms with van der Waals surface area (Å²) in [5.41, 5.74) is 0.421. The molecule has 9 aromatic rings. The molecule has 28 heteroatoms. The average Bonchev–Trinajstić information content (AvgIpc) is 3.97. The van der Waals surface area contributed by atoms with Gasteiger partial charge in [-0.2, -0.15) is 25.3 Å². The second kappa shape index (κ2) is 18.7. The molecule has 0 bridgehead atoms. The van der Waals surface area contributed by atoms with E-state index in [4.69, 9.17) is 24.2 Å². The molecule has 2 aromatic heterocycles. The molecule has 0 aliphatic rings. The van der Waals surface area contributed by atoms with Crippen molar-refractivity contribution in [2.75, 3.05) is 0 Å². The number of benzene rings is 7. The normalized spacial score (nSPS) is 12.2. The number of hydrogen-bond acceptors (Lipinski definition) is 20. The lowest BCUT2D eigenvalue weighted by molar-refractivity contribution is -0.432. The van der Waals surface area contributed by atoms with Crippen LogP contribution in [0, 0.1) is 0 Å². The van der Waals surface area contributed by atoms with Crippen molar-refractivity contribution < 1.29 is 82.1 Å². The van der Waals surface area contributed by atoms with Crippen molar-refractivity contribution in [3.05, 3.63) is 132 Å². The average molecular weight is 1030 g/mol.